The number of pyridine rings is 2. The molecule has 0 bridgehead atoms. The van der Waals surface area contributed by atoms with E-state index >= 15 is 0 Å². The van der Waals surface area contributed by atoms with Crippen molar-refractivity contribution in [3.05, 3.63) is 59.7 Å². The van der Waals surface area contributed by atoms with Crippen molar-refractivity contribution in [2.45, 2.75) is 30.8 Å². The monoisotopic (exact) mass is 355 g/mol. The Labute approximate surface area is 151 Å². The van der Waals surface area contributed by atoms with Crippen molar-refractivity contribution in [1.82, 2.24) is 14.9 Å². The largest absolute Gasteiger partial charge is 0.371 e. The summed E-state index contributed by atoms with van der Waals surface area (Å²) in [6.07, 6.45) is 6.45. The third kappa shape index (κ3) is 3.55. The number of rotatable bonds is 4. The minimum Gasteiger partial charge on any atom is -0.371 e. The number of amides is 1. The topological polar surface area (TPSA) is 55.3 Å². The summed E-state index contributed by atoms with van der Waals surface area (Å²) in [5.74, 6) is 1.07. The third-order valence-corrected chi connectivity index (χ3v) is 6.31. The van der Waals surface area contributed by atoms with Gasteiger partial charge in [0, 0.05) is 37.4 Å². The van der Waals surface area contributed by atoms with Crippen LogP contribution in [0.25, 0.3) is 0 Å². The summed E-state index contributed by atoms with van der Waals surface area (Å²) < 4.78 is 6.19. The molecule has 0 saturated carbocycles. The van der Waals surface area contributed by atoms with Crippen LogP contribution in [0.5, 0.6) is 0 Å². The van der Waals surface area contributed by atoms with E-state index < -0.39 is 0 Å². The molecule has 2 saturated heterocycles. The van der Waals surface area contributed by atoms with Crippen molar-refractivity contribution < 1.29 is 9.53 Å². The predicted molar refractivity (Wildman–Crippen MR) is 97.5 cm³/mol. The molecule has 2 aliphatic heterocycles. The van der Waals surface area contributed by atoms with Crippen LogP contribution in [0.15, 0.2) is 42.9 Å². The molecule has 2 fully saturated rings. The summed E-state index contributed by atoms with van der Waals surface area (Å²) >= 11 is 1.94. The fourth-order valence-electron chi connectivity index (χ4n) is 3.46. The minimum atomic E-state index is 0.0836. The maximum Gasteiger partial charge on any atom is 0.255 e. The van der Waals surface area contributed by atoms with E-state index in [0.29, 0.717) is 12.2 Å². The first-order chi connectivity index (χ1) is 12.1. The highest BCUT2D eigenvalue weighted by molar-refractivity contribution is 8.01. The zero-order valence-corrected chi connectivity index (χ0v) is 15.0. The van der Waals surface area contributed by atoms with Gasteiger partial charge in [-0.15, -0.1) is 11.8 Å². The van der Waals surface area contributed by atoms with E-state index in [4.69, 9.17) is 4.74 Å². The Bertz CT molecular complexity index is 762. The van der Waals surface area contributed by atoms with Gasteiger partial charge in [0.25, 0.3) is 5.91 Å². The number of likely N-dealkylation sites (tertiary alicyclic amines) is 1. The van der Waals surface area contributed by atoms with Crippen molar-refractivity contribution in [3.63, 3.8) is 0 Å². The van der Waals surface area contributed by atoms with Crippen molar-refractivity contribution in [3.8, 4) is 0 Å². The van der Waals surface area contributed by atoms with Crippen LogP contribution in [-0.2, 0) is 11.3 Å². The summed E-state index contributed by atoms with van der Waals surface area (Å²) in [5, 5.41) is 0. The van der Waals surface area contributed by atoms with E-state index in [2.05, 4.69) is 9.97 Å². The number of thioether (sulfide) groups is 1. The van der Waals surface area contributed by atoms with E-state index in [1.165, 1.54) is 0 Å². The fraction of sp³-hybridized carbons (Fsp3) is 0.421. The van der Waals surface area contributed by atoms with Gasteiger partial charge in [0.2, 0.25) is 0 Å². The molecule has 5 nitrogen and oxygen atoms in total. The van der Waals surface area contributed by atoms with E-state index in [1.807, 2.05) is 47.9 Å². The summed E-state index contributed by atoms with van der Waals surface area (Å²) in [4.78, 5) is 22.9. The lowest BCUT2D eigenvalue weighted by atomic mass is 9.92. The second-order valence-corrected chi connectivity index (χ2v) is 8.35. The Morgan fingerprint density at radius 3 is 3.04 bits per heavy atom. The van der Waals surface area contributed by atoms with Crippen LogP contribution in [0.3, 0.4) is 0 Å². The van der Waals surface area contributed by atoms with Crippen LogP contribution in [-0.4, -0.2) is 50.5 Å². The van der Waals surface area contributed by atoms with Gasteiger partial charge in [-0.2, -0.15) is 0 Å². The van der Waals surface area contributed by atoms with Gasteiger partial charge >= 0.3 is 0 Å². The lowest BCUT2D eigenvalue weighted by Gasteiger charge is -2.47. The molecule has 0 unspecified atom stereocenters. The van der Waals surface area contributed by atoms with Crippen LogP contribution >= 0.6 is 11.8 Å². The molecular weight excluding hydrogens is 334 g/mol. The zero-order valence-electron chi connectivity index (χ0n) is 14.2. The Morgan fingerprint density at radius 1 is 1.40 bits per heavy atom. The lowest BCUT2D eigenvalue weighted by molar-refractivity contribution is 0.0245. The molecule has 6 heteroatoms. The molecule has 25 heavy (non-hydrogen) atoms. The molecule has 2 aliphatic rings. The first-order valence-electron chi connectivity index (χ1n) is 8.50. The van der Waals surface area contributed by atoms with E-state index in [1.54, 1.807) is 18.6 Å². The third-order valence-electron chi connectivity index (χ3n) is 4.74. The number of ether oxygens (including phenoxy) is 1. The fourth-order valence-corrected chi connectivity index (χ4v) is 5.02. The number of aromatic nitrogens is 2. The van der Waals surface area contributed by atoms with Gasteiger partial charge in [0.05, 0.1) is 28.7 Å². The molecule has 2 aromatic rings. The van der Waals surface area contributed by atoms with Gasteiger partial charge < -0.3 is 9.64 Å². The highest BCUT2D eigenvalue weighted by Crippen LogP contribution is 2.46. The molecule has 4 heterocycles. The molecular formula is C19H21N3O2S. The quantitative estimate of drug-likeness (QED) is 0.844. The lowest BCUT2D eigenvalue weighted by Crippen LogP contribution is -2.60. The second kappa shape index (κ2) is 6.77. The molecule has 0 aromatic carbocycles. The van der Waals surface area contributed by atoms with Gasteiger partial charge in [-0.05, 0) is 37.1 Å². The Morgan fingerprint density at radius 2 is 2.28 bits per heavy atom. The van der Waals surface area contributed by atoms with Crippen LogP contribution in [0.4, 0.5) is 0 Å². The zero-order chi connectivity index (χ0) is 17.3. The maximum absolute atomic E-state index is 12.5. The smallest absolute Gasteiger partial charge is 0.255 e. The van der Waals surface area contributed by atoms with Crippen LogP contribution in [0.1, 0.15) is 28.0 Å². The average Bonchev–Trinajstić information content (AvgIpc) is 3.04. The Hall–Kier alpha value is -1.92. The number of aryl methyl sites for hydroxylation is 1. The molecule has 0 radical (unpaired) electrons. The average molecular weight is 355 g/mol. The van der Waals surface area contributed by atoms with Crippen molar-refractivity contribution in [1.29, 1.82) is 0 Å². The van der Waals surface area contributed by atoms with Gasteiger partial charge in [-0.3, -0.25) is 14.8 Å². The normalized spacial score (nSPS) is 21.3. The van der Waals surface area contributed by atoms with Gasteiger partial charge in [0.15, 0.2) is 0 Å². The number of nitrogens with zero attached hydrogens (tertiary/aromatic N) is 3. The highest BCUT2D eigenvalue weighted by Gasteiger charge is 2.51. The number of hydrogen-bond donors (Lipinski definition) is 0. The van der Waals surface area contributed by atoms with Crippen LogP contribution in [0, 0.1) is 6.92 Å². The van der Waals surface area contributed by atoms with Crippen molar-refractivity contribution in [2.24, 2.45) is 0 Å². The standard InChI is InChI=1S/C19H21N3O2S/c1-14-6-15(9-20-8-14)18(23)22-12-19(13-22)7-17(11-25-19)24-10-16-4-2-3-5-21-16/h2-6,8-9,17H,7,10-13H2,1H3/t17-/m1/s1. The Balaban J connectivity index is 1.29. The molecule has 0 aliphatic carbocycles. The van der Waals surface area contributed by atoms with E-state index in [-0.39, 0.29) is 16.8 Å². The SMILES string of the molecule is Cc1cncc(C(=O)N2CC3(C[C@@H](OCc4ccccn4)CS3)C2)c1. The predicted octanol–water partition coefficient (Wildman–Crippen LogP) is 2.70. The molecule has 1 amide bonds. The van der Waals surface area contributed by atoms with Crippen LogP contribution < -0.4 is 0 Å². The van der Waals surface area contributed by atoms with Crippen LogP contribution in [0.2, 0.25) is 0 Å². The summed E-state index contributed by atoms with van der Waals surface area (Å²) in [6.45, 7) is 4.11. The first kappa shape index (κ1) is 16.5. The molecule has 130 valence electrons. The maximum atomic E-state index is 12.5. The summed E-state index contributed by atoms with van der Waals surface area (Å²) in [7, 11) is 0. The van der Waals surface area contributed by atoms with Gasteiger partial charge in [0.1, 0.15) is 0 Å². The number of carbonyl (C=O) groups is 1. The highest BCUT2D eigenvalue weighted by atomic mass is 32.2. The van der Waals surface area contributed by atoms with Gasteiger partial charge in [-0.25, -0.2) is 0 Å². The minimum absolute atomic E-state index is 0.0836. The first-order valence-corrected chi connectivity index (χ1v) is 9.49. The van der Waals surface area contributed by atoms with Crippen molar-refractivity contribution in [2.75, 3.05) is 18.8 Å². The second-order valence-electron chi connectivity index (χ2n) is 6.86. The molecule has 0 N–H and O–H groups in total. The van der Waals surface area contributed by atoms with Gasteiger partial charge in [-0.1, -0.05) is 6.07 Å². The molecule has 2 aromatic heterocycles. The molecule has 1 spiro atoms. The molecule has 1 atom stereocenters. The van der Waals surface area contributed by atoms with E-state index in [9.17, 15) is 4.79 Å². The summed E-state index contributed by atoms with van der Waals surface area (Å²) in [6, 6.07) is 7.78. The number of hydrogen-bond acceptors (Lipinski definition) is 5. The van der Waals surface area contributed by atoms with E-state index in [0.717, 1.165) is 36.5 Å². The number of carbonyl (C=O) groups excluding carboxylic acids is 1. The Kier molecular flexibility index (Phi) is 4.48. The summed E-state index contributed by atoms with van der Waals surface area (Å²) in [5.41, 5.74) is 2.66. The molecule has 4 rings (SSSR count). The van der Waals surface area contributed by atoms with Crippen molar-refractivity contribution >= 4 is 17.7 Å².